The number of benzene rings is 2. The van der Waals surface area contributed by atoms with Gasteiger partial charge >= 0.3 is 0 Å². The number of ether oxygens (including phenoxy) is 1. The Kier molecular flexibility index (Phi) is 4.66. The molecule has 0 spiro atoms. The van der Waals surface area contributed by atoms with Crippen molar-refractivity contribution in [2.75, 3.05) is 11.9 Å². The minimum Gasteiger partial charge on any atom is -0.484 e. The van der Waals surface area contributed by atoms with E-state index in [0.29, 0.717) is 11.3 Å². The third-order valence-electron chi connectivity index (χ3n) is 2.74. The summed E-state index contributed by atoms with van der Waals surface area (Å²) in [7, 11) is 0. The summed E-state index contributed by atoms with van der Waals surface area (Å²) in [6.45, 7) is 1.25. The molecule has 2 aromatic rings. The van der Waals surface area contributed by atoms with Gasteiger partial charge in [0.2, 0.25) is 0 Å². The van der Waals surface area contributed by atoms with Gasteiger partial charge in [-0.15, -0.1) is 0 Å². The molecule has 0 radical (unpaired) electrons. The van der Waals surface area contributed by atoms with Crippen LogP contribution in [0.1, 0.15) is 17.3 Å². The minimum absolute atomic E-state index is 0.0395. The fourth-order valence-electron chi connectivity index (χ4n) is 1.69. The topological polar surface area (TPSA) is 55.4 Å². The predicted octanol–water partition coefficient (Wildman–Crippen LogP) is 3.05. The number of Topliss-reactive ketones (excluding diaryl/α,β-unsaturated/α-hetero) is 1. The average Bonchev–Trinajstić information content (AvgIpc) is 2.46. The van der Waals surface area contributed by atoms with Gasteiger partial charge in [0.15, 0.2) is 12.4 Å². The van der Waals surface area contributed by atoms with Crippen LogP contribution in [-0.2, 0) is 4.79 Å². The van der Waals surface area contributed by atoms with E-state index in [1.807, 2.05) is 0 Å². The Morgan fingerprint density at radius 2 is 1.86 bits per heavy atom. The lowest BCUT2D eigenvalue weighted by atomic mass is 10.1. The maximum Gasteiger partial charge on any atom is 0.262 e. The maximum atomic E-state index is 12.9. The zero-order chi connectivity index (χ0) is 15.2. The van der Waals surface area contributed by atoms with E-state index in [2.05, 4.69) is 5.32 Å². The van der Waals surface area contributed by atoms with Crippen molar-refractivity contribution in [3.8, 4) is 5.75 Å². The van der Waals surface area contributed by atoms with Gasteiger partial charge in [0, 0.05) is 17.3 Å². The van der Waals surface area contributed by atoms with Gasteiger partial charge in [-0.3, -0.25) is 9.59 Å². The van der Waals surface area contributed by atoms with Crippen LogP contribution in [0.25, 0.3) is 0 Å². The molecule has 0 aliphatic heterocycles. The molecule has 2 aromatic carbocycles. The van der Waals surface area contributed by atoms with Crippen LogP contribution >= 0.6 is 0 Å². The Labute approximate surface area is 121 Å². The van der Waals surface area contributed by atoms with Crippen LogP contribution in [0.4, 0.5) is 10.1 Å². The summed E-state index contributed by atoms with van der Waals surface area (Å²) in [4.78, 5) is 22.8. The smallest absolute Gasteiger partial charge is 0.262 e. The number of carbonyl (C=O) groups excluding carboxylic acids is 2. The number of carbonyl (C=O) groups is 2. The van der Waals surface area contributed by atoms with Crippen molar-refractivity contribution in [2.24, 2.45) is 0 Å². The van der Waals surface area contributed by atoms with Crippen LogP contribution in [0.15, 0.2) is 48.5 Å². The number of anilines is 1. The molecule has 108 valence electrons. The summed E-state index contributed by atoms with van der Waals surface area (Å²) in [5.41, 5.74) is 1.14. The second-order valence-corrected chi connectivity index (χ2v) is 4.43. The van der Waals surface area contributed by atoms with E-state index in [9.17, 15) is 14.0 Å². The molecule has 0 atom stereocenters. The Bertz CT molecular complexity index is 653. The van der Waals surface area contributed by atoms with Crippen molar-refractivity contribution in [3.63, 3.8) is 0 Å². The van der Waals surface area contributed by atoms with Crippen LogP contribution in [0.3, 0.4) is 0 Å². The number of rotatable bonds is 5. The molecule has 0 unspecified atom stereocenters. The van der Waals surface area contributed by atoms with Crippen molar-refractivity contribution in [1.29, 1.82) is 0 Å². The van der Waals surface area contributed by atoms with Gasteiger partial charge in [0.05, 0.1) is 0 Å². The first-order valence-electron chi connectivity index (χ1n) is 6.34. The lowest BCUT2D eigenvalue weighted by Gasteiger charge is -2.08. The zero-order valence-electron chi connectivity index (χ0n) is 11.4. The summed E-state index contributed by atoms with van der Waals surface area (Å²) in [6, 6.07) is 12.1. The van der Waals surface area contributed by atoms with Crippen LogP contribution in [0.2, 0.25) is 0 Å². The first kappa shape index (κ1) is 14.7. The SMILES string of the molecule is CC(=O)c1ccc(NC(=O)COc2cccc(F)c2)cc1. The number of halogens is 1. The summed E-state index contributed by atoms with van der Waals surface area (Å²) in [5, 5.41) is 2.62. The minimum atomic E-state index is -0.423. The highest BCUT2D eigenvalue weighted by Crippen LogP contribution is 2.13. The van der Waals surface area contributed by atoms with Gasteiger partial charge in [-0.1, -0.05) is 6.07 Å². The highest BCUT2D eigenvalue weighted by Gasteiger charge is 2.05. The van der Waals surface area contributed by atoms with E-state index in [4.69, 9.17) is 4.74 Å². The van der Waals surface area contributed by atoms with Crippen molar-refractivity contribution in [3.05, 3.63) is 59.9 Å². The molecule has 4 nitrogen and oxygen atoms in total. The largest absolute Gasteiger partial charge is 0.484 e. The number of nitrogens with one attached hydrogen (secondary N) is 1. The normalized spacial score (nSPS) is 10.0. The number of hydrogen-bond acceptors (Lipinski definition) is 3. The molecule has 0 bridgehead atoms. The highest BCUT2D eigenvalue weighted by molar-refractivity contribution is 5.95. The number of ketones is 1. The number of hydrogen-bond donors (Lipinski definition) is 1. The Morgan fingerprint density at radius 1 is 1.14 bits per heavy atom. The quantitative estimate of drug-likeness (QED) is 0.860. The molecule has 0 saturated heterocycles. The third kappa shape index (κ3) is 4.42. The average molecular weight is 287 g/mol. The highest BCUT2D eigenvalue weighted by atomic mass is 19.1. The third-order valence-corrected chi connectivity index (χ3v) is 2.74. The van der Waals surface area contributed by atoms with E-state index >= 15 is 0 Å². The molecule has 2 rings (SSSR count). The molecule has 0 aromatic heterocycles. The molecule has 21 heavy (non-hydrogen) atoms. The van der Waals surface area contributed by atoms with Crippen molar-refractivity contribution in [1.82, 2.24) is 0 Å². The molecule has 0 heterocycles. The molecule has 5 heteroatoms. The first-order valence-corrected chi connectivity index (χ1v) is 6.34. The Balaban J connectivity index is 1.88. The molecular weight excluding hydrogens is 273 g/mol. The monoisotopic (exact) mass is 287 g/mol. The van der Waals surface area contributed by atoms with Crippen LogP contribution < -0.4 is 10.1 Å². The van der Waals surface area contributed by atoms with Gasteiger partial charge < -0.3 is 10.1 Å². The molecule has 0 saturated carbocycles. The molecule has 0 fully saturated rings. The Hall–Kier alpha value is -2.69. The van der Waals surface area contributed by atoms with E-state index in [1.165, 1.54) is 25.1 Å². The van der Waals surface area contributed by atoms with E-state index < -0.39 is 5.82 Å². The number of amides is 1. The van der Waals surface area contributed by atoms with E-state index in [1.54, 1.807) is 30.3 Å². The summed E-state index contributed by atoms with van der Waals surface area (Å²) < 4.78 is 18.1. The van der Waals surface area contributed by atoms with Gasteiger partial charge in [-0.25, -0.2) is 4.39 Å². The second kappa shape index (κ2) is 6.65. The lowest BCUT2D eigenvalue weighted by Crippen LogP contribution is -2.20. The molecular formula is C16H14FNO3. The summed E-state index contributed by atoms with van der Waals surface area (Å²) >= 11 is 0. The molecule has 0 aliphatic carbocycles. The van der Waals surface area contributed by atoms with Gasteiger partial charge in [-0.2, -0.15) is 0 Å². The molecule has 0 aliphatic rings. The van der Waals surface area contributed by atoms with E-state index in [0.717, 1.165) is 0 Å². The second-order valence-electron chi connectivity index (χ2n) is 4.43. The van der Waals surface area contributed by atoms with Crippen molar-refractivity contribution in [2.45, 2.75) is 6.92 Å². The predicted molar refractivity (Wildman–Crippen MR) is 77.0 cm³/mol. The van der Waals surface area contributed by atoms with E-state index in [-0.39, 0.29) is 24.0 Å². The van der Waals surface area contributed by atoms with Crippen LogP contribution in [-0.4, -0.2) is 18.3 Å². The first-order chi connectivity index (χ1) is 10.0. The Morgan fingerprint density at radius 3 is 2.48 bits per heavy atom. The van der Waals surface area contributed by atoms with Crippen molar-refractivity contribution < 1.29 is 18.7 Å². The van der Waals surface area contributed by atoms with Crippen LogP contribution in [0, 0.1) is 5.82 Å². The van der Waals surface area contributed by atoms with Gasteiger partial charge in [-0.05, 0) is 43.3 Å². The standard InChI is InChI=1S/C16H14FNO3/c1-11(19)12-5-7-14(8-6-12)18-16(20)10-21-15-4-2-3-13(17)9-15/h2-9H,10H2,1H3,(H,18,20). The molecule has 1 N–H and O–H groups in total. The van der Waals surface area contributed by atoms with Crippen molar-refractivity contribution >= 4 is 17.4 Å². The van der Waals surface area contributed by atoms with Crippen LogP contribution in [0.5, 0.6) is 5.75 Å². The maximum absolute atomic E-state index is 12.9. The summed E-state index contributed by atoms with van der Waals surface area (Å²) in [5.74, 6) is -0.540. The fourth-order valence-corrected chi connectivity index (χ4v) is 1.69. The fraction of sp³-hybridized carbons (Fsp3) is 0.125. The van der Waals surface area contributed by atoms with Gasteiger partial charge in [0.1, 0.15) is 11.6 Å². The van der Waals surface area contributed by atoms with Gasteiger partial charge in [0.25, 0.3) is 5.91 Å². The lowest BCUT2D eigenvalue weighted by molar-refractivity contribution is -0.118. The molecule has 1 amide bonds. The zero-order valence-corrected chi connectivity index (χ0v) is 11.4. The summed E-state index contributed by atoms with van der Waals surface area (Å²) in [6.07, 6.45) is 0.